The lowest BCUT2D eigenvalue weighted by Crippen LogP contribution is -2.29. The van der Waals surface area contributed by atoms with Gasteiger partial charge < -0.3 is 10.8 Å². The molecule has 1 saturated heterocycles. The zero-order valence-corrected chi connectivity index (χ0v) is 10.2. The molecular weight excluding hydrogens is 224 g/mol. The van der Waals surface area contributed by atoms with E-state index in [0.717, 1.165) is 31.6 Å². The van der Waals surface area contributed by atoms with Crippen molar-refractivity contribution in [2.45, 2.75) is 25.5 Å². The van der Waals surface area contributed by atoms with Crippen molar-refractivity contribution < 1.29 is 5.11 Å². The van der Waals surface area contributed by atoms with Crippen molar-refractivity contribution in [2.75, 3.05) is 18.8 Å². The molecular formula is C12H17ClN2O. The van der Waals surface area contributed by atoms with Crippen LogP contribution in [0.15, 0.2) is 18.2 Å². The van der Waals surface area contributed by atoms with Crippen molar-refractivity contribution in [3.8, 4) is 0 Å². The van der Waals surface area contributed by atoms with Gasteiger partial charge in [0.05, 0.1) is 16.3 Å². The monoisotopic (exact) mass is 240 g/mol. The third-order valence-electron chi connectivity index (χ3n) is 3.00. The van der Waals surface area contributed by atoms with Crippen molar-refractivity contribution in [1.29, 1.82) is 0 Å². The van der Waals surface area contributed by atoms with Gasteiger partial charge in [0.25, 0.3) is 0 Å². The van der Waals surface area contributed by atoms with E-state index >= 15 is 0 Å². The fraction of sp³-hybridized carbons (Fsp3) is 0.500. The largest absolute Gasteiger partial charge is 0.398 e. The molecule has 1 heterocycles. The molecule has 4 heteroatoms. The average molecular weight is 241 g/mol. The predicted molar refractivity (Wildman–Crippen MR) is 66.4 cm³/mol. The van der Waals surface area contributed by atoms with Crippen molar-refractivity contribution in [3.63, 3.8) is 0 Å². The maximum atomic E-state index is 9.85. The second kappa shape index (κ2) is 4.24. The first-order valence-corrected chi connectivity index (χ1v) is 5.83. The highest BCUT2D eigenvalue weighted by Gasteiger charge is 2.30. The lowest BCUT2D eigenvalue weighted by molar-refractivity contribution is 0.0679. The molecule has 0 aliphatic carbocycles. The maximum Gasteiger partial charge on any atom is 0.0758 e. The van der Waals surface area contributed by atoms with Crippen LogP contribution in [0.25, 0.3) is 0 Å². The third kappa shape index (κ3) is 2.67. The summed E-state index contributed by atoms with van der Waals surface area (Å²) in [7, 11) is 0. The first-order chi connectivity index (χ1) is 7.46. The maximum absolute atomic E-state index is 9.85. The molecule has 0 aromatic heterocycles. The quantitative estimate of drug-likeness (QED) is 0.776. The van der Waals surface area contributed by atoms with Crippen LogP contribution in [-0.2, 0) is 6.54 Å². The van der Waals surface area contributed by atoms with Crippen LogP contribution >= 0.6 is 11.6 Å². The molecule has 3 nitrogen and oxygen atoms in total. The predicted octanol–water partition coefficient (Wildman–Crippen LogP) is 1.88. The molecule has 2 rings (SSSR count). The van der Waals surface area contributed by atoms with Crippen molar-refractivity contribution in [3.05, 3.63) is 28.8 Å². The number of halogens is 1. The summed E-state index contributed by atoms with van der Waals surface area (Å²) in [5.41, 5.74) is 6.96. The highest BCUT2D eigenvalue weighted by Crippen LogP contribution is 2.24. The van der Waals surface area contributed by atoms with E-state index in [1.807, 2.05) is 25.1 Å². The third-order valence-corrected chi connectivity index (χ3v) is 3.34. The van der Waals surface area contributed by atoms with Gasteiger partial charge in [-0.05, 0) is 31.0 Å². The minimum Gasteiger partial charge on any atom is -0.398 e. The van der Waals surface area contributed by atoms with Gasteiger partial charge in [-0.2, -0.15) is 0 Å². The molecule has 1 fully saturated rings. The molecule has 0 spiro atoms. The molecule has 1 unspecified atom stereocenters. The number of aliphatic hydroxyl groups is 1. The summed E-state index contributed by atoms with van der Waals surface area (Å²) in [4.78, 5) is 2.22. The summed E-state index contributed by atoms with van der Waals surface area (Å²) < 4.78 is 0. The first kappa shape index (κ1) is 11.7. The smallest absolute Gasteiger partial charge is 0.0758 e. The van der Waals surface area contributed by atoms with Gasteiger partial charge in [0, 0.05) is 19.6 Å². The standard InChI is InChI=1S/C12H17ClN2O/c1-12(16)4-5-15(8-12)7-9-2-3-10(13)11(14)6-9/h2-3,6,16H,4-5,7-8,14H2,1H3. The topological polar surface area (TPSA) is 49.5 Å². The van der Waals surface area contributed by atoms with Crippen LogP contribution in [-0.4, -0.2) is 28.7 Å². The molecule has 0 amide bonds. The lowest BCUT2D eigenvalue weighted by atomic mass is 10.1. The van der Waals surface area contributed by atoms with Crippen LogP contribution < -0.4 is 5.73 Å². The number of nitrogen functional groups attached to an aromatic ring is 1. The first-order valence-electron chi connectivity index (χ1n) is 5.45. The molecule has 1 aliphatic rings. The van der Waals surface area contributed by atoms with Crippen LogP contribution in [0.5, 0.6) is 0 Å². The van der Waals surface area contributed by atoms with Crippen LogP contribution in [0, 0.1) is 0 Å². The molecule has 1 atom stereocenters. The Morgan fingerprint density at radius 1 is 1.56 bits per heavy atom. The van der Waals surface area contributed by atoms with Crippen LogP contribution in [0.3, 0.4) is 0 Å². The van der Waals surface area contributed by atoms with Crippen LogP contribution in [0.4, 0.5) is 5.69 Å². The van der Waals surface area contributed by atoms with Gasteiger partial charge in [-0.1, -0.05) is 17.7 Å². The van der Waals surface area contributed by atoms with E-state index in [9.17, 15) is 5.11 Å². The number of likely N-dealkylation sites (tertiary alicyclic amines) is 1. The van der Waals surface area contributed by atoms with E-state index in [0.29, 0.717) is 10.7 Å². The molecule has 88 valence electrons. The lowest BCUT2D eigenvalue weighted by Gasteiger charge is -2.19. The van der Waals surface area contributed by atoms with Crippen LogP contribution in [0.1, 0.15) is 18.9 Å². The Hall–Kier alpha value is -0.770. The summed E-state index contributed by atoms with van der Waals surface area (Å²) in [6.45, 7) is 4.34. The molecule has 0 bridgehead atoms. The molecule has 0 radical (unpaired) electrons. The van der Waals surface area contributed by atoms with Gasteiger partial charge in [-0.25, -0.2) is 0 Å². The fourth-order valence-electron chi connectivity index (χ4n) is 2.12. The Labute approximate surface area is 101 Å². The Morgan fingerprint density at radius 3 is 2.88 bits per heavy atom. The van der Waals surface area contributed by atoms with E-state index < -0.39 is 5.60 Å². The summed E-state index contributed by atoms with van der Waals surface area (Å²) in [6.07, 6.45) is 0.829. The van der Waals surface area contributed by atoms with Gasteiger partial charge in [0.15, 0.2) is 0 Å². The van der Waals surface area contributed by atoms with E-state index in [1.54, 1.807) is 0 Å². The highest BCUT2D eigenvalue weighted by atomic mass is 35.5. The van der Waals surface area contributed by atoms with Crippen LogP contribution in [0.2, 0.25) is 5.02 Å². The Balaban J connectivity index is 2.02. The number of hydrogen-bond acceptors (Lipinski definition) is 3. The number of nitrogens with two attached hydrogens (primary N) is 1. The molecule has 0 saturated carbocycles. The van der Waals surface area contributed by atoms with Gasteiger partial charge in [-0.3, -0.25) is 4.90 Å². The SMILES string of the molecule is CC1(O)CCN(Cc2ccc(Cl)c(N)c2)C1. The number of anilines is 1. The highest BCUT2D eigenvalue weighted by molar-refractivity contribution is 6.33. The van der Waals surface area contributed by atoms with E-state index in [2.05, 4.69) is 4.90 Å². The van der Waals surface area contributed by atoms with Gasteiger partial charge in [0.1, 0.15) is 0 Å². The number of β-amino-alcohol motifs (C(OH)–C–C–N with tert-alkyl or cyclic N) is 1. The number of hydrogen-bond donors (Lipinski definition) is 2. The second-order valence-corrected chi connectivity index (χ2v) is 5.22. The zero-order valence-electron chi connectivity index (χ0n) is 9.41. The summed E-state index contributed by atoms with van der Waals surface area (Å²) in [5, 5.41) is 10.4. The van der Waals surface area contributed by atoms with Gasteiger partial charge in [-0.15, -0.1) is 0 Å². The van der Waals surface area contributed by atoms with Crippen molar-refractivity contribution in [2.24, 2.45) is 0 Å². The molecule has 1 aliphatic heterocycles. The fourth-order valence-corrected chi connectivity index (χ4v) is 2.24. The number of nitrogens with zero attached hydrogens (tertiary/aromatic N) is 1. The Kier molecular flexibility index (Phi) is 3.10. The molecule has 3 N–H and O–H groups in total. The summed E-state index contributed by atoms with van der Waals surface area (Å²) in [5.74, 6) is 0. The molecule has 16 heavy (non-hydrogen) atoms. The Bertz CT molecular complexity index is 393. The average Bonchev–Trinajstić information content (AvgIpc) is 2.52. The van der Waals surface area contributed by atoms with E-state index in [1.165, 1.54) is 0 Å². The second-order valence-electron chi connectivity index (χ2n) is 4.81. The minimum absolute atomic E-state index is 0.544. The van der Waals surface area contributed by atoms with Gasteiger partial charge >= 0.3 is 0 Å². The van der Waals surface area contributed by atoms with E-state index in [4.69, 9.17) is 17.3 Å². The van der Waals surface area contributed by atoms with Crippen molar-refractivity contribution in [1.82, 2.24) is 4.90 Å². The number of benzene rings is 1. The summed E-state index contributed by atoms with van der Waals surface area (Å²) in [6, 6.07) is 5.70. The van der Waals surface area contributed by atoms with Crippen molar-refractivity contribution >= 4 is 17.3 Å². The Morgan fingerprint density at radius 2 is 2.31 bits per heavy atom. The van der Waals surface area contributed by atoms with Gasteiger partial charge in [0.2, 0.25) is 0 Å². The van der Waals surface area contributed by atoms with E-state index in [-0.39, 0.29) is 0 Å². The normalized spacial score (nSPS) is 26.2. The minimum atomic E-state index is -0.544. The summed E-state index contributed by atoms with van der Waals surface area (Å²) >= 11 is 5.86. The molecule has 1 aromatic rings. The number of rotatable bonds is 2. The molecule has 1 aromatic carbocycles. The zero-order chi connectivity index (χ0) is 11.8.